The largest absolute Gasteiger partial charge is 0.507 e. The Bertz CT molecular complexity index is 1340. The van der Waals surface area contributed by atoms with Crippen LogP contribution in [0.15, 0.2) is 33.5 Å². The highest BCUT2D eigenvalue weighted by atomic mass is 16.7. The number of ether oxygens (including phenoxy) is 3. The van der Waals surface area contributed by atoms with Crippen LogP contribution in [0, 0.1) is 0 Å². The molecule has 1 saturated heterocycles. The smallest absolute Gasteiger partial charge is 0.322 e. The Labute approximate surface area is 212 Å². The molecule has 1 aliphatic carbocycles. The molecule has 1 aromatic carbocycles. The number of carbonyl (C=O) groups excluding carboxylic acids is 2. The monoisotopic (exact) mass is 536 g/mol. The van der Waals surface area contributed by atoms with E-state index in [1.807, 2.05) is 0 Å². The van der Waals surface area contributed by atoms with E-state index in [9.17, 15) is 44.7 Å². The molecule has 0 bridgehead atoms. The summed E-state index contributed by atoms with van der Waals surface area (Å²) in [7, 11) is 0. The van der Waals surface area contributed by atoms with Gasteiger partial charge < -0.3 is 49.3 Å². The molecule has 204 valence electrons. The van der Waals surface area contributed by atoms with Crippen molar-refractivity contribution < 1.29 is 63.7 Å². The number of fused-ring (bicyclic) bond motifs is 1. The molecule has 1 aliphatic heterocycles. The summed E-state index contributed by atoms with van der Waals surface area (Å²) in [5, 5.41) is 58.5. The Hall–Kier alpha value is -3.82. The van der Waals surface area contributed by atoms with Gasteiger partial charge in [0.05, 0.1) is 6.61 Å². The van der Waals surface area contributed by atoms with Gasteiger partial charge in [0.1, 0.15) is 53.3 Å². The number of carboxylic acids is 1. The van der Waals surface area contributed by atoms with Crippen LogP contribution < -0.4 is 14.9 Å². The lowest BCUT2D eigenvalue weighted by molar-refractivity contribution is -0.277. The van der Waals surface area contributed by atoms with Gasteiger partial charge in [-0.15, -0.1) is 0 Å². The predicted molar refractivity (Wildman–Crippen MR) is 123 cm³/mol. The first-order valence-electron chi connectivity index (χ1n) is 11.4. The van der Waals surface area contributed by atoms with Crippen LogP contribution in [0.3, 0.4) is 0 Å². The van der Waals surface area contributed by atoms with E-state index < -0.39 is 83.9 Å². The Kier molecular flexibility index (Phi) is 7.80. The minimum Gasteiger partial charge on any atom is -0.507 e. The topological polar surface area (TPSA) is 230 Å². The zero-order chi connectivity index (χ0) is 27.7. The molecule has 2 aliphatic rings. The van der Waals surface area contributed by atoms with Crippen LogP contribution in [-0.4, -0.2) is 85.7 Å². The van der Waals surface area contributed by atoms with Gasteiger partial charge in [0.15, 0.2) is 11.5 Å². The maximum atomic E-state index is 13.3. The molecule has 0 radical (unpaired) electrons. The molecule has 1 unspecified atom stereocenters. The highest BCUT2D eigenvalue weighted by Crippen LogP contribution is 2.38. The summed E-state index contributed by atoms with van der Waals surface area (Å²) in [5.74, 6) is -5.41. The van der Waals surface area contributed by atoms with Crippen molar-refractivity contribution >= 4 is 28.7 Å². The molecule has 14 nitrogen and oxygen atoms in total. The molecule has 1 fully saturated rings. The van der Waals surface area contributed by atoms with E-state index in [2.05, 4.69) is 0 Å². The summed E-state index contributed by atoms with van der Waals surface area (Å²) in [6, 6.07) is 2.09. The number of carbonyl (C=O) groups is 3. The fourth-order valence-electron chi connectivity index (χ4n) is 4.18. The molecule has 1 aromatic heterocycles. The summed E-state index contributed by atoms with van der Waals surface area (Å²) in [4.78, 5) is 47.9. The van der Waals surface area contributed by atoms with Gasteiger partial charge in [0, 0.05) is 24.5 Å². The number of hydrogen-bond donors (Lipinski definition) is 6. The lowest BCUT2D eigenvalue weighted by atomic mass is 9.92. The van der Waals surface area contributed by atoms with Crippen LogP contribution in [0.1, 0.15) is 30.9 Å². The number of carboxylic acid groups (broad SMARTS) is 1. The molecule has 38 heavy (non-hydrogen) atoms. The number of esters is 1. The van der Waals surface area contributed by atoms with Crippen LogP contribution in [0.4, 0.5) is 0 Å². The zero-order valence-corrected chi connectivity index (χ0v) is 19.6. The summed E-state index contributed by atoms with van der Waals surface area (Å²) in [6.45, 7) is -0.702. The Morgan fingerprint density at radius 1 is 1.08 bits per heavy atom. The van der Waals surface area contributed by atoms with Gasteiger partial charge in [-0.25, -0.2) is 0 Å². The van der Waals surface area contributed by atoms with E-state index in [1.54, 1.807) is 0 Å². The van der Waals surface area contributed by atoms with Gasteiger partial charge >= 0.3 is 11.9 Å². The van der Waals surface area contributed by atoms with Crippen molar-refractivity contribution in [3.8, 4) is 17.2 Å². The number of phenolic OH excluding ortho intramolecular Hbond substituents is 1. The standard InChI is InChI=1S/C24H24O14/c25-8-14-18(31)20(33)21(34)24(37-14)35-11-5-12(27)17-13(6-11)36-22(9-1-3-10(26)4-2-9)23(19(17)32)38-16(30)7-15(28)29/h1,3,5-6,9,14,18,20-21,24-25,27,31,33-34H,2,4,7-8H2,(H,28,29)/t9?,14-,18-,20+,21-,24-/m1/s1. The van der Waals surface area contributed by atoms with Gasteiger partial charge in [0.2, 0.25) is 17.5 Å². The summed E-state index contributed by atoms with van der Waals surface area (Å²) >= 11 is 0. The molecule has 14 heteroatoms. The van der Waals surface area contributed by atoms with Crippen molar-refractivity contribution in [1.82, 2.24) is 0 Å². The maximum absolute atomic E-state index is 13.3. The number of rotatable bonds is 7. The first kappa shape index (κ1) is 27.2. The van der Waals surface area contributed by atoms with Crippen LogP contribution in [0.5, 0.6) is 17.2 Å². The van der Waals surface area contributed by atoms with Gasteiger partial charge in [-0.1, -0.05) is 6.08 Å². The maximum Gasteiger partial charge on any atom is 0.322 e. The second-order valence-corrected chi connectivity index (χ2v) is 8.77. The van der Waals surface area contributed by atoms with E-state index in [1.165, 1.54) is 12.2 Å². The summed E-state index contributed by atoms with van der Waals surface area (Å²) < 4.78 is 21.6. The van der Waals surface area contributed by atoms with Crippen LogP contribution in [0.2, 0.25) is 0 Å². The van der Waals surface area contributed by atoms with E-state index in [4.69, 9.17) is 23.7 Å². The second-order valence-electron chi connectivity index (χ2n) is 8.77. The van der Waals surface area contributed by atoms with Gasteiger partial charge in [-0.2, -0.15) is 0 Å². The van der Waals surface area contributed by atoms with E-state index >= 15 is 0 Å². The predicted octanol–water partition coefficient (Wildman–Crippen LogP) is -0.940. The fraction of sp³-hybridized carbons (Fsp3) is 0.417. The normalized spacial score (nSPS) is 27.3. The van der Waals surface area contributed by atoms with Crippen molar-refractivity contribution in [2.75, 3.05) is 6.61 Å². The lowest BCUT2D eigenvalue weighted by Crippen LogP contribution is -2.60. The Balaban J connectivity index is 1.77. The zero-order valence-electron chi connectivity index (χ0n) is 19.6. The fourth-order valence-corrected chi connectivity index (χ4v) is 4.18. The molecule has 2 heterocycles. The minimum absolute atomic E-state index is 0.0942. The third kappa shape index (κ3) is 5.39. The van der Waals surface area contributed by atoms with E-state index in [0.717, 1.165) is 12.1 Å². The van der Waals surface area contributed by atoms with E-state index in [-0.39, 0.29) is 35.7 Å². The first-order valence-corrected chi connectivity index (χ1v) is 11.4. The number of benzene rings is 1. The number of allylic oxidation sites excluding steroid dienone is 2. The molecule has 6 N–H and O–H groups in total. The average molecular weight is 536 g/mol. The molecule has 0 spiro atoms. The molecular weight excluding hydrogens is 512 g/mol. The highest BCUT2D eigenvalue weighted by molar-refractivity contribution is 5.93. The number of hydrogen-bond acceptors (Lipinski definition) is 13. The van der Waals surface area contributed by atoms with Crippen molar-refractivity contribution in [1.29, 1.82) is 0 Å². The van der Waals surface area contributed by atoms with E-state index in [0.29, 0.717) is 0 Å². The quantitative estimate of drug-likeness (QED) is 0.185. The average Bonchev–Trinajstić information content (AvgIpc) is 2.85. The number of aliphatic hydroxyl groups is 4. The molecule has 0 amide bonds. The van der Waals surface area contributed by atoms with Crippen LogP contribution in [-0.2, 0) is 19.1 Å². The second kappa shape index (κ2) is 10.9. The van der Waals surface area contributed by atoms with Crippen molar-refractivity contribution in [2.45, 2.75) is 55.9 Å². The number of aliphatic carboxylic acids is 1. The lowest BCUT2D eigenvalue weighted by Gasteiger charge is -2.39. The van der Waals surface area contributed by atoms with Crippen LogP contribution in [0.25, 0.3) is 11.0 Å². The number of aromatic hydroxyl groups is 1. The summed E-state index contributed by atoms with van der Waals surface area (Å²) in [5.41, 5.74) is -1.25. The molecular formula is C24H24O14. The Morgan fingerprint density at radius 2 is 1.82 bits per heavy atom. The highest BCUT2D eigenvalue weighted by Gasteiger charge is 2.44. The van der Waals surface area contributed by atoms with Gasteiger partial charge in [-0.05, 0) is 12.5 Å². The minimum atomic E-state index is -1.76. The summed E-state index contributed by atoms with van der Waals surface area (Å²) in [6.07, 6.45) is -6.06. The number of phenols is 1. The van der Waals surface area contributed by atoms with Gasteiger partial charge in [0.25, 0.3) is 0 Å². The molecule has 2 aromatic rings. The molecule has 4 rings (SSSR count). The number of aliphatic hydroxyl groups excluding tert-OH is 4. The Morgan fingerprint density at radius 3 is 2.45 bits per heavy atom. The van der Waals surface area contributed by atoms with Crippen molar-refractivity contribution in [2.24, 2.45) is 0 Å². The van der Waals surface area contributed by atoms with Crippen molar-refractivity contribution in [3.63, 3.8) is 0 Å². The first-order chi connectivity index (χ1) is 18.0. The third-order valence-corrected chi connectivity index (χ3v) is 6.10. The third-order valence-electron chi connectivity index (χ3n) is 6.10. The molecule has 6 atom stereocenters. The van der Waals surface area contributed by atoms with Crippen LogP contribution >= 0.6 is 0 Å². The number of ketones is 1. The molecule has 0 saturated carbocycles. The SMILES string of the molecule is O=C(O)CC(=O)Oc1c(C2C=CC(=O)CC2)oc2cc(O[C@@H]3O[C@H](CO)[C@@H](O)[C@H](O)[C@H]3O)cc(O)c2c1=O. The van der Waals surface area contributed by atoms with Gasteiger partial charge in [-0.3, -0.25) is 19.2 Å². The van der Waals surface area contributed by atoms with Crippen molar-refractivity contribution in [3.05, 3.63) is 40.3 Å².